The number of hydrogen-bond donors (Lipinski definition) is 1. The van der Waals surface area contributed by atoms with Crippen LogP contribution in [0.25, 0.3) is 0 Å². The molecule has 0 saturated carbocycles. The standard InChI is InChI=1S/C15H25NO/c1-6-12(2)17-14-9-7-8-13(10-14)16-11-15(3,4)5/h7-10,12,16H,6,11H2,1-5H3. The Labute approximate surface area is 105 Å². The summed E-state index contributed by atoms with van der Waals surface area (Å²) in [5, 5.41) is 3.44. The highest BCUT2D eigenvalue weighted by atomic mass is 16.5. The summed E-state index contributed by atoms with van der Waals surface area (Å²) in [4.78, 5) is 0. The highest BCUT2D eigenvalue weighted by molar-refractivity contribution is 5.48. The molecular weight excluding hydrogens is 210 g/mol. The predicted octanol–water partition coefficient (Wildman–Crippen LogP) is 4.32. The van der Waals surface area contributed by atoms with Gasteiger partial charge in [0.2, 0.25) is 0 Å². The Morgan fingerprint density at radius 3 is 2.59 bits per heavy atom. The van der Waals surface area contributed by atoms with E-state index in [9.17, 15) is 0 Å². The van der Waals surface area contributed by atoms with E-state index in [1.54, 1.807) is 0 Å². The Morgan fingerprint density at radius 1 is 1.29 bits per heavy atom. The van der Waals surface area contributed by atoms with Crippen LogP contribution in [0.5, 0.6) is 5.75 Å². The van der Waals surface area contributed by atoms with Crippen molar-refractivity contribution in [3.63, 3.8) is 0 Å². The molecule has 1 unspecified atom stereocenters. The Kier molecular flexibility index (Phi) is 4.86. The third kappa shape index (κ3) is 5.62. The summed E-state index contributed by atoms with van der Waals surface area (Å²) in [5.41, 5.74) is 1.41. The van der Waals surface area contributed by atoms with Crippen molar-refractivity contribution in [3.05, 3.63) is 24.3 Å². The van der Waals surface area contributed by atoms with E-state index in [1.807, 2.05) is 12.1 Å². The highest BCUT2D eigenvalue weighted by Gasteiger charge is 2.09. The second kappa shape index (κ2) is 5.95. The van der Waals surface area contributed by atoms with Gasteiger partial charge in [-0.2, -0.15) is 0 Å². The van der Waals surface area contributed by atoms with Crippen LogP contribution >= 0.6 is 0 Å². The van der Waals surface area contributed by atoms with Crippen molar-refractivity contribution in [1.82, 2.24) is 0 Å². The second-order valence-electron chi connectivity index (χ2n) is 5.78. The first kappa shape index (κ1) is 13.9. The van der Waals surface area contributed by atoms with E-state index in [4.69, 9.17) is 4.74 Å². The molecule has 0 radical (unpaired) electrons. The van der Waals surface area contributed by atoms with E-state index in [-0.39, 0.29) is 11.5 Å². The zero-order chi connectivity index (χ0) is 12.9. The van der Waals surface area contributed by atoms with Crippen molar-refractivity contribution >= 4 is 5.69 Å². The molecule has 0 spiro atoms. The van der Waals surface area contributed by atoms with Crippen LogP contribution in [0.2, 0.25) is 0 Å². The molecule has 1 atom stereocenters. The number of benzene rings is 1. The third-order valence-corrected chi connectivity index (χ3v) is 2.57. The molecule has 1 aromatic rings. The van der Waals surface area contributed by atoms with Crippen molar-refractivity contribution in [1.29, 1.82) is 0 Å². The van der Waals surface area contributed by atoms with E-state index in [2.05, 4.69) is 52.1 Å². The SMILES string of the molecule is CCC(C)Oc1cccc(NCC(C)(C)C)c1. The minimum Gasteiger partial charge on any atom is -0.491 e. The van der Waals surface area contributed by atoms with Gasteiger partial charge in [0, 0.05) is 18.3 Å². The molecule has 17 heavy (non-hydrogen) atoms. The first-order valence-corrected chi connectivity index (χ1v) is 6.41. The maximum Gasteiger partial charge on any atom is 0.121 e. The quantitative estimate of drug-likeness (QED) is 0.820. The minimum atomic E-state index is 0.271. The van der Waals surface area contributed by atoms with Gasteiger partial charge in [-0.25, -0.2) is 0 Å². The fourth-order valence-corrected chi connectivity index (χ4v) is 1.36. The van der Waals surface area contributed by atoms with Gasteiger partial charge in [0.25, 0.3) is 0 Å². The van der Waals surface area contributed by atoms with Gasteiger partial charge in [0.15, 0.2) is 0 Å². The van der Waals surface area contributed by atoms with Crippen molar-refractivity contribution in [2.24, 2.45) is 5.41 Å². The maximum absolute atomic E-state index is 5.80. The topological polar surface area (TPSA) is 21.3 Å². The average molecular weight is 235 g/mol. The lowest BCUT2D eigenvalue weighted by Crippen LogP contribution is -2.19. The molecule has 0 fully saturated rings. The van der Waals surface area contributed by atoms with Crippen molar-refractivity contribution < 1.29 is 4.74 Å². The summed E-state index contributed by atoms with van der Waals surface area (Å²) in [6.45, 7) is 11.8. The molecular formula is C15H25NO. The van der Waals surface area contributed by atoms with Crippen LogP contribution in [0, 0.1) is 5.41 Å². The number of ether oxygens (including phenoxy) is 1. The molecule has 0 aromatic heterocycles. The average Bonchev–Trinajstić information content (AvgIpc) is 2.26. The zero-order valence-corrected chi connectivity index (χ0v) is 11.7. The Balaban J connectivity index is 2.60. The summed E-state index contributed by atoms with van der Waals surface area (Å²) in [6, 6.07) is 8.18. The summed E-state index contributed by atoms with van der Waals surface area (Å²) >= 11 is 0. The summed E-state index contributed by atoms with van der Waals surface area (Å²) in [6.07, 6.45) is 1.30. The third-order valence-electron chi connectivity index (χ3n) is 2.57. The molecule has 2 nitrogen and oxygen atoms in total. The van der Waals surface area contributed by atoms with Gasteiger partial charge in [0.1, 0.15) is 5.75 Å². The molecule has 1 rings (SSSR count). The first-order chi connectivity index (χ1) is 7.90. The van der Waals surface area contributed by atoms with E-state index < -0.39 is 0 Å². The van der Waals surface area contributed by atoms with Crippen LogP contribution in [0.1, 0.15) is 41.0 Å². The van der Waals surface area contributed by atoms with Crippen molar-refractivity contribution in [2.45, 2.75) is 47.1 Å². The molecule has 96 valence electrons. The number of hydrogen-bond acceptors (Lipinski definition) is 2. The van der Waals surface area contributed by atoms with Crippen LogP contribution < -0.4 is 10.1 Å². The number of anilines is 1. The van der Waals surface area contributed by atoms with Crippen LogP contribution in [0.4, 0.5) is 5.69 Å². The summed E-state index contributed by atoms with van der Waals surface area (Å²) in [7, 11) is 0. The van der Waals surface area contributed by atoms with Gasteiger partial charge in [0.05, 0.1) is 6.10 Å². The smallest absolute Gasteiger partial charge is 0.121 e. The van der Waals surface area contributed by atoms with E-state index in [0.717, 1.165) is 24.4 Å². The van der Waals surface area contributed by atoms with Gasteiger partial charge >= 0.3 is 0 Å². The van der Waals surface area contributed by atoms with Crippen LogP contribution in [-0.4, -0.2) is 12.6 Å². The molecule has 0 saturated heterocycles. The molecule has 2 heteroatoms. The van der Waals surface area contributed by atoms with Crippen LogP contribution in [0.3, 0.4) is 0 Å². The molecule has 0 aliphatic rings. The van der Waals surface area contributed by atoms with Gasteiger partial charge < -0.3 is 10.1 Å². The van der Waals surface area contributed by atoms with Gasteiger partial charge in [-0.05, 0) is 30.9 Å². The largest absolute Gasteiger partial charge is 0.491 e. The zero-order valence-electron chi connectivity index (χ0n) is 11.7. The first-order valence-electron chi connectivity index (χ1n) is 6.41. The lowest BCUT2D eigenvalue weighted by molar-refractivity contribution is 0.217. The summed E-state index contributed by atoms with van der Waals surface area (Å²) < 4.78 is 5.80. The Hall–Kier alpha value is -1.18. The normalized spacial score (nSPS) is 13.2. The van der Waals surface area contributed by atoms with E-state index in [1.165, 1.54) is 0 Å². The van der Waals surface area contributed by atoms with Crippen molar-refractivity contribution in [2.75, 3.05) is 11.9 Å². The van der Waals surface area contributed by atoms with E-state index in [0.29, 0.717) is 0 Å². The molecule has 0 bridgehead atoms. The van der Waals surface area contributed by atoms with Crippen LogP contribution in [0.15, 0.2) is 24.3 Å². The molecule has 0 aliphatic carbocycles. The highest BCUT2D eigenvalue weighted by Crippen LogP contribution is 2.21. The predicted molar refractivity (Wildman–Crippen MR) is 74.8 cm³/mol. The molecule has 1 N–H and O–H groups in total. The second-order valence-corrected chi connectivity index (χ2v) is 5.78. The maximum atomic E-state index is 5.80. The summed E-state index contributed by atoms with van der Waals surface area (Å²) in [5.74, 6) is 0.943. The Morgan fingerprint density at radius 2 is 2.00 bits per heavy atom. The number of nitrogens with one attached hydrogen (secondary N) is 1. The fraction of sp³-hybridized carbons (Fsp3) is 0.600. The lowest BCUT2D eigenvalue weighted by atomic mass is 9.97. The van der Waals surface area contributed by atoms with Gasteiger partial charge in [-0.15, -0.1) is 0 Å². The molecule has 0 heterocycles. The van der Waals surface area contributed by atoms with Gasteiger partial charge in [-0.1, -0.05) is 33.8 Å². The fourth-order valence-electron chi connectivity index (χ4n) is 1.36. The van der Waals surface area contributed by atoms with Crippen LogP contribution in [-0.2, 0) is 0 Å². The van der Waals surface area contributed by atoms with E-state index >= 15 is 0 Å². The van der Waals surface area contributed by atoms with Crippen molar-refractivity contribution in [3.8, 4) is 5.75 Å². The molecule has 1 aromatic carbocycles. The number of rotatable bonds is 5. The molecule has 0 amide bonds. The molecule has 0 aliphatic heterocycles. The van der Waals surface area contributed by atoms with Gasteiger partial charge in [-0.3, -0.25) is 0 Å². The Bertz CT molecular complexity index is 341. The monoisotopic (exact) mass is 235 g/mol. The minimum absolute atomic E-state index is 0.271. The lowest BCUT2D eigenvalue weighted by Gasteiger charge is -2.20.